The van der Waals surface area contributed by atoms with Crippen LogP contribution in [0.2, 0.25) is 0 Å². The fraction of sp³-hybridized carbons (Fsp3) is 0.714. The van der Waals surface area contributed by atoms with Crippen molar-refractivity contribution in [2.75, 3.05) is 26.7 Å². The molecule has 0 fully saturated rings. The molecule has 0 atom stereocenters. The molecule has 0 saturated carbocycles. The van der Waals surface area contributed by atoms with Crippen molar-refractivity contribution in [2.45, 2.75) is 6.42 Å². The van der Waals surface area contributed by atoms with E-state index in [2.05, 4.69) is 0 Å². The summed E-state index contributed by atoms with van der Waals surface area (Å²) in [7, 11) is 1.85. The van der Waals surface area contributed by atoms with Gasteiger partial charge < -0.3 is 16.4 Å². The summed E-state index contributed by atoms with van der Waals surface area (Å²) < 4.78 is 0. The van der Waals surface area contributed by atoms with Crippen molar-refractivity contribution in [3.63, 3.8) is 0 Å². The van der Waals surface area contributed by atoms with Crippen LogP contribution in [0.4, 0.5) is 4.79 Å². The van der Waals surface area contributed by atoms with Crippen LogP contribution in [0.1, 0.15) is 6.42 Å². The molecule has 5 N–H and O–H groups in total. The highest BCUT2D eigenvalue weighted by atomic mass is 16.2. The van der Waals surface area contributed by atoms with Gasteiger partial charge in [-0.3, -0.25) is 10.1 Å². The molecular formula is C7H16N4O2. The first-order valence-electron chi connectivity index (χ1n) is 4.04. The number of primary amides is 1. The Labute approximate surface area is 77.2 Å². The minimum atomic E-state index is -0.813. The summed E-state index contributed by atoms with van der Waals surface area (Å²) in [5.74, 6) is -0.364. The lowest BCUT2D eigenvalue weighted by Crippen LogP contribution is -2.37. The average molecular weight is 188 g/mol. The summed E-state index contributed by atoms with van der Waals surface area (Å²) in [6.07, 6.45) is 0.249. The molecule has 0 aromatic heterocycles. The second kappa shape index (κ2) is 6.38. The first-order valence-corrected chi connectivity index (χ1v) is 4.04. The van der Waals surface area contributed by atoms with E-state index in [0.717, 1.165) is 6.54 Å². The number of hydrogen-bond donors (Lipinski definition) is 3. The lowest BCUT2D eigenvalue weighted by Gasteiger charge is -2.13. The average Bonchev–Trinajstić information content (AvgIpc) is 2.00. The SMILES string of the molecule is CN(CCN)CCC(=O)NC(N)=O. The highest BCUT2D eigenvalue weighted by molar-refractivity contribution is 5.93. The molecule has 6 heteroatoms. The number of nitrogens with zero attached hydrogens (tertiary/aromatic N) is 1. The highest BCUT2D eigenvalue weighted by Crippen LogP contribution is 1.85. The van der Waals surface area contributed by atoms with Crippen LogP contribution in [-0.2, 0) is 4.79 Å². The number of nitrogens with one attached hydrogen (secondary N) is 1. The molecule has 0 spiro atoms. The fourth-order valence-corrected chi connectivity index (χ4v) is 0.825. The van der Waals surface area contributed by atoms with Gasteiger partial charge in [-0.1, -0.05) is 0 Å². The van der Waals surface area contributed by atoms with Crippen LogP contribution in [0, 0.1) is 0 Å². The third kappa shape index (κ3) is 7.23. The van der Waals surface area contributed by atoms with Crippen LogP contribution in [0.15, 0.2) is 0 Å². The van der Waals surface area contributed by atoms with Crippen molar-refractivity contribution < 1.29 is 9.59 Å². The zero-order valence-electron chi connectivity index (χ0n) is 7.75. The Bertz CT molecular complexity index is 183. The summed E-state index contributed by atoms with van der Waals surface area (Å²) in [5, 5.41) is 1.98. The third-order valence-corrected chi connectivity index (χ3v) is 1.49. The van der Waals surface area contributed by atoms with Gasteiger partial charge in [0.1, 0.15) is 0 Å². The number of carbonyl (C=O) groups is 2. The van der Waals surface area contributed by atoms with Crippen LogP contribution in [-0.4, -0.2) is 43.5 Å². The van der Waals surface area contributed by atoms with E-state index >= 15 is 0 Å². The molecule has 0 heterocycles. The second-order valence-electron chi connectivity index (χ2n) is 2.75. The maximum Gasteiger partial charge on any atom is 0.318 e. The largest absolute Gasteiger partial charge is 0.351 e. The molecule has 3 amide bonds. The molecule has 76 valence electrons. The molecule has 0 aromatic rings. The van der Waals surface area contributed by atoms with E-state index in [9.17, 15) is 9.59 Å². The number of amides is 3. The topological polar surface area (TPSA) is 101 Å². The number of urea groups is 1. The van der Waals surface area contributed by atoms with Gasteiger partial charge in [-0.25, -0.2) is 4.79 Å². The molecule has 0 radical (unpaired) electrons. The number of rotatable bonds is 5. The molecule has 0 bridgehead atoms. The Kier molecular flexibility index (Phi) is 5.82. The van der Waals surface area contributed by atoms with Crippen LogP contribution in [0.5, 0.6) is 0 Å². The third-order valence-electron chi connectivity index (χ3n) is 1.49. The van der Waals surface area contributed by atoms with Gasteiger partial charge in [0.2, 0.25) is 5.91 Å². The zero-order chi connectivity index (χ0) is 10.3. The van der Waals surface area contributed by atoms with Crippen molar-refractivity contribution >= 4 is 11.9 Å². The maximum absolute atomic E-state index is 10.9. The Morgan fingerprint density at radius 3 is 2.46 bits per heavy atom. The van der Waals surface area contributed by atoms with Crippen molar-refractivity contribution in [3.8, 4) is 0 Å². The normalized spacial score (nSPS) is 10.1. The van der Waals surface area contributed by atoms with Gasteiger partial charge in [-0.2, -0.15) is 0 Å². The smallest absolute Gasteiger partial charge is 0.318 e. The minimum absolute atomic E-state index is 0.249. The first kappa shape index (κ1) is 11.9. The van der Waals surface area contributed by atoms with Crippen molar-refractivity contribution in [2.24, 2.45) is 11.5 Å². The minimum Gasteiger partial charge on any atom is -0.351 e. The van der Waals surface area contributed by atoms with Crippen molar-refractivity contribution in [1.29, 1.82) is 0 Å². The highest BCUT2D eigenvalue weighted by Gasteiger charge is 2.05. The summed E-state index contributed by atoms with van der Waals surface area (Å²) in [6, 6.07) is -0.813. The number of imide groups is 1. The van der Waals surface area contributed by atoms with E-state index in [1.54, 1.807) is 0 Å². The van der Waals surface area contributed by atoms with E-state index in [1.165, 1.54) is 0 Å². The molecule has 0 aromatic carbocycles. The summed E-state index contributed by atoms with van der Waals surface area (Å²) >= 11 is 0. The van der Waals surface area contributed by atoms with Gasteiger partial charge in [0.15, 0.2) is 0 Å². The van der Waals surface area contributed by atoms with E-state index in [4.69, 9.17) is 11.5 Å². The number of nitrogens with two attached hydrogens (primary N) is 2. The van der Waals surface area contributed by atoms with Gasteiger partial charge in [-0.15, -0.1) is 0 Å². The van der Waals surface area contributed by atoms with Gasteiger partial charge in [0, 0.05) is 26.1 Å². The zero-order valence-corrected chi connectivity index (χ0v) is 7.75. The van der Waals surface area contributed by atoms with E-state index in [-0.39, 0.29) is 12.3 Å². The Balaban J connectivity index is 3.51. The van der Waals surface area contributed by atoms with Gasteiger partial charge in [0.05, 0.1) is 0 Å². The monoisotopic (exact) mass is 188 g/mol. The molecular weight excluding hydrogens is 172 g/mol. The predicted molar refractivity (Wildman–Crippen MR) is 48.9 cm³/mol. The van der Waals surface area contributed by atoms with Crippen molar-refractivity contribution in [1.82, 2.24) is 10.2 Å². The van der Waals surface area contributed by atoms with E-state index in [0.29, 0.717) is 13.1 Å². The van der Waals surface area contributed by atoms with E-state index < -0.39 is 6.03 Å². The number of carbonyl (C=O) groups excluding carboxylic acids is 2. The Morgan fingerprint density at radius 1 is 1.38 bits per heavy atom. The summed E-state index contributed by atoms with van der Waals surface area (Å²) in [4.78, 5) is 23.0. The summed E-state index contributed by atoms with van der Waals surface area (Å²) in [6.45, 7) is 1.84. The van der Waals surface area contributed by atoms with Crippen LogP contribution in [0.3, 0.4) is 0 Å². The second-order valence-corrected chi connectivity index (χ2v) is 2.75. The predicted octanol–water partition coefficient (Wildman–Crippen LogP) is -1.54. The lowest BCUT2D eigenvalue weighted by molar-refractivity contribution is -0.120. The molecule has 0 aliphatic heterocycles. The molecule has 0 rings (SSSR count). The van der Waals surface area contributed by atoms with Crippen LogP contribution < -0.4 is 16.8 Å². The molecule has 0 aliphatic carbocycles. The number of hydrogen-bond acceptors (Lipinski definition) is 4. The van der Waals surface area contributed by atoms with Crippen LogP contribution >= 0.6 is 0 Å². The Hall–Kier alpha value is -1.14. The molecule has 13 heavy (non-hydrogen) atoms. The molecule has 6 nitrogen and oxygen atoms in total. The molecule has 0 saturated heterocycles. The van der Waals surface area contributed by atoms with Gasteiger partial charge >= 0.3 is 6.03 Å². The van der Waals surface area contributed by atoms with E-state index in [1.807, 2.05) is 17.3 Å². The van der Waals surface area contributed by atoms with Crippen LogP contribution in [0.25, 0.3) is 0 Å². The number of likely N-dealkylation sites (N-methyl/N-ethyl adjacent to an activating group) is 1. The fourth-order valence-electron chi connectivity index (χ4n) is 0.825. The van der Waals surface area contributed by atoms with Crippen molar-refractivity contribution in [3.05, 3.63) is 0 Å². The maximum atomic E-state index is 10.9. The standard InChI is InChI=1S/C7H16N4O2/c1-11(5-3-8)4-2-6(12)10-7(9)13/h2-5,8H2,1H3,(H3,9,10,12,13). The van der Waals surface area contributed by atoms with Gasteiger partial charge in [-0.05, 0) is 7.05 Å². The summed E-state index contributed by atoms with van der Waals surface area (Å²) in [5.41, 5.74) is 10.1. The lowest BCUT2D eigenvalue weighted by atomic mass is 10.3. The first-order chi connectivity index (χ1) is 6.06. The molecule has 0 unspecified atom stereocenters. The molecule has 0 aliphatic rings. The quantitative estimate of drug-likeness (QED) is 0.486. The van der Waals surface area contributed by atoms with Gasteiger partial charge in [0.25, 0.3) is 0 Å². The Morgan fingerprint density at radius 2 is 2.00 bits per heavy atom.